The van der Waals surface area contributed by atoms with Gasteiger partial charge >= 0.3 is 0 Å². The summed E-state index contributed by atoms with van der Waals surface area (Å²) in [6.45, 7) is 7.69. The summed E-state index contributed by atoms with van der Waals surface area (Å²) in [5.74, 6) is 0. The van der Waals surface area contributed by atoms with E-state index in [0.717, 1.165) is 33.6 Å². The zero-order valence-electron chi connectivity index (χ0n) is 11.4. The molecular formula is C15H16N2OS. The van der Waals surface area contributed by atoms with E-state index in [-0.39, 0.29) is 5.56 Å². The molecule has 0 saturated heterocycles. The highest BCUT2D eigenvalue weighted by molar-refractivity contribution is 7.07. The van der Waals surface area contributed by atoms with Crippen molar-refractivity contribution in [3.63, 3.8) is 0 Å². The summed E-state index contributed by atoms with van der Waals surface area (Å²) in [4.78, 5) is 17.5. The quantitative estimate of drug-likeness (QED) is 0.772. The second-order valence-corrected chi connectivity index (χ2v) is 5.95. The van der Waals surface area contributed by atoms with Gasteiger partial charge in [0.05, 0.1) is 11.1 Å². The van der Waals surface area contributed by atoms with Crippen molar-refractivity contribution in [2.24, 2.45) is 4.99 Å². The molecule has 98 valence electrons. The van der Waals surface area contributed by atoms with Gasteiger partial charge in [-0.15, -0.1) is 0 Å². The summed E-state index contributed by atoms with van der Waals surface area (Å²) in [6.07, 6.45) is 0. The standard InChI is InChI=1S/C15H16N2OS/c1-9-4-5-12(8-10(9)2)11(3)13-14(18)17-7-6-16-15(17)19-13/h4-5,8H,6-7H2,1-3H3/b13-11-. The van der Waals surface area contributed by atoms with Crippen LogP contribution in [-0.2, 0) is 6.54 Å². The van der Waals surface area contributed by atoms with Crippen LogP contribution in [0.15, 0.2) is 28.0 Å². The molecule has 0 atom stereocenters. The number of hydrogen-bond acceptors (Lipinski definition) is 3. The Morgan fingerprint density at radius 1 is 1.32 bits per heavy atom. The number of thiazole rings is 1. The maximum Gasteiger partial charge on any atom is 0.270 e. The van der Waals surface area contributed by atoms with Crippen molar-refractivity contribution in [2.45, 2.75) is 27.3 Å². The van der Waals surface area contributed by atoms with Crippen molar-refractivity contribution >= 4 is 16.9 Å². The molecule has 0 fully saturated rings. The first-order valence-corrected chi connectivity index (χ1v) is 7.22. The fourth-order valence-corrected chi connectivity index (χ4v) is 3.39. The number of rotatable bonds is 1. The van der Waals surface area contributed by atoms with Gasteiger partial charge in [-0.2, -0.15) is 0 Å². The summed E-state index contributed by atoms with van der Waals surface area (Å²) in [6, 6.07) is 6.35. The molecule has 2 heterocycles. The molecule has 3 rings (SSSR count). The van der Waals surface area contributed by atoms with E-state index in [0.29, 0.717) is 0 Å². The molecule has 1 aromatic heterocycles. The number of aromatic nitrogens is 1. The molecule has 3 nitrogen and oxygen atoms in total. The molecule has 0 aliphatic carbocycles. The Labute approximate surface area is 115 Å². The van der Waals surface area contributed by atoms with Crippen LogP contribution < -0.4 is 14.9 Å². The maximum absolute atomic E-state index is 12.3. The normalized spacial score (nSPS) is 15.1. The van der Waals surface area contributed by atoms with Gasteiger partial charge in [0.25, 0.3) is 5.56 Å². The first-order valence-electron chi connectivity index (χ1n) is 6.40. The molecule has 0 bridgehead atoms. The average Bonchev–Trinajstić information content (AvgIpc) is 2.95. The zero-order chi connectivity index (χ0) is 13.6. The second-order valence-electron chi connectivity index (χ2n) is 4.98. The molecule has 1 aliphatic heterocycles. The summed E-state index contributed by atoms with van der Waals surface area (Å²) in [7, 11) is 0. The van der Waals surface area contributed by atoms with Crippen molar-refractivity contribution < 1.29 is 0 Å². The number of aryl methyl sites for hydroxylation is 2. The van der Waals surface area contributed by atoms with Gasteiger partial charge in [0.1, 0.15) is 0 Å². The lowest BCUT2D eigenvalue weighted by atomic mass is 10.0. The molecule has 19 heavy (non-hydrogen) atoms. The lowest BCUT2D eigenvalue weighted by Crippen LogP contribution is -2.30. The van der Waals surface area contributed by atoms with Crippen LogP contribution in [0.4, 0.5) is 0 Å². The van der Waals surface area contributed by atoms with Gasteiger partial charge in [-0.1, -0.05) is 29.5 Å². The molecule has 2 aromatic rings. The summed E-state index contributed by atoms with van der Waals surface area (Å²) >= 11 is 1.51. The molecule has 0 N–H and O–H groups in total. The van der Waals surface area contributed by atoms with Gasteiger partial charge in [-0.05, 0) is 43.0 Å². The predicted molar refractivity (Wildman–Crippen MR) is 78.3 cm³/mol. The predicted octanol–water partition coefficient (Wildman–Crippen LogP) is 1.38. The third-order valence-electron chi connectivity index (χ3n) is 3.71. The van der Waals surface area contributed by atoms with E-state index in [9.17, 15) is 4.79 Å². The number of nitrogens with zero attached hydrogens (tertiary/aromatic N) is 2. The first kappa shape index (κ1) is 12.4. The SMILES string of the molecule is C/C(c1ccc(C)c(C)c1)=c1/sc2n(c1=O)CCN=2. The van der Waals surface area contributed by atoms with Gasteiger partial charge in [-0.3, -0.25) is 14.4 Å². The molecule has 1 aliphatic rings. The summed E-state index contributed by atoms with van der Waals surface area (Å²) in [5, 5.41) is 0. The highest BCUT2D eigenvalue weighted by atomic mass is 32.1. The van der Waals surface area contributed by atoms with Crippen LogP contribution >= 0.6 is 11.3 Å². The Balaban J connectivity index is 2.28. The number of benzene rings is 1. The minimum Gasteiger partial charge on any atom is -0.282 e. The Morgan fingerprint density at radius 3 is 2.79 bits per heavy atom. The fraction of sp³-hybridized carbons (Fsp3) is 0.333. The Kier molecular flexibility index (Phi) is 2.90. The number of fused-ring (bicyclic) bond motifs is 1. The van der Waals surface area contributed by atoms with Gasteiger partial charge < -0.3 is 0 Å². The second kappa shape index (κ2) is 4.46. The van der Waals surface area contributed by atoms with E-state index in [4.69, 9.17) is 0 Å². The van der Waals surface area contributed by atoms with Crippen LogP contribution in [0.3, 0.4) is 0 Å². The van der Waals surface area contributed by atoms with Gasteiger partial charge in [0.15, 0.2) is 4.80 Å². The third kappa shape index (κ3) is 1.96. The minimum absolute atomic E-state index is 0.108. The molecule has 0 radical (unpaired) electrons. The third-order valence-corrected chi connectivity index (χ3v) is 4.93. The van der Waals surface area contributed by atoms with Crippen molar-refractivity contribution in [3.8, 4) is 0 Å². The summed E-state index contributed by atoms with van der Waals surface area (Å²) in [5.41, 5.74) is 4.82. The Morgan fingerprint density at radius 2 is 2.11 bits per heavy atom. The fourth-order valence-electron chi connectivity index (χ4n) is 2.30. The van der Waals surface area contributed by atoms with E-state index in [1.807, 2.05) is 6.92 Å². The Bertz CT molecular complexity index is 827. The lowest BCUT2D eigenvalue weighted by molar-refractivity contribution is 0.740. The van der Waals surface area contributed by atoms with Crippen molar-refractivity contribution in [1.29, 1.82) is 0 Å². The topological polar surface area (TPSA) is 34.4 Å². The van der Waals surface area contributed by atoms with Crippen LogP contribution in [0.1, 0.15) is 23.6 Å². The molecule has 4 heteroatoms. The molecule has 0 amide bonds. The van der Waals surface area contributed by atoms with Crippen LogP contribution in [0.25, 0.3) is 5.57 Å². The van der Waals surface area contributed by atoms with Crippen LogP contribution in [-0.4, -0.2) is 11.1 Å². The molecule has 1 aromatic carbocycles. The largest absolute Gasteiger partial charge is 0.282 e. The zero-order valence-corrected chi connectivity index (χ0v) is 12.2. The van der Waals surface area contributed by atoms with E-state index in [1.165, 1.54) is 22.5 Å². The minimum atomic E-state index is 0.108. The Hall–Kier alpha value is -1.68. The molecule has 0 unspecified atom stereocenters. The number of hydrogen-bond donors (Lipinski definition) is 0. The van der Waals surface area contributed by atoms with Gasteiger partial charge in [-0.25, -0.2) is 0 Å². The smallest absolute Gasteiger partial charge is 0.270 e. The summed E-state index contributed by atoms with van der Waals surface area (Å²) < 4.78 is 2.60. The van der Waals surface area contributed by atoms with Gasteiger partial charge in [0, 0.05) is 6.54 Å². The van der Waals surface area contributed by atoms with E-state index < -0.39 is 0 Å². The molecule has 0 spiro atoms. The molecular weight excluding hydrogens is 256 g/mol. The van der Waals surface area contributed by atoms with E-state index in [1.54, 1.807) is 4.57 Å². The van der Waals surface area contributed by atoms with Crippen molar-refractivity contribution in [1.82, 2.24) is 4.57 Å². The van der Waals surface area contributed by atoms with Crippen LogP contribution in [0.2, 0.25) is 0 Å². The highest BCUT2D eigenvalue weighted by Crippen LogP contribution is 2.15. The van der Waals surface area contributed by atoms with Crippen LogP contribution in [0, 0.1) is 13.8 Å². The van der Waals surface area contributed by atoms with Gasteiger partial charge in [0.2, 0.25) is 0 Å². The van der Waals surface area contributed by atoms with Crippen molar-refractivity contribution in [2.75, 3.05) is 6.54 Å². The van der Waals surface area contributed by atoms with E-state index in [2.05, 4.69) is 37.0 Å². The van der Waals surface area contributed by atoms with Crippen molar-refractivity contribution in [3.05, 3.63) is 54.6 Å². The average molecular weight is 272 g/mol. The highest BCUT2D eigenvalue weighted by Gasteiger charge is 2.12. The van der Waals surface area contributed by atoms with E-state index >= 15 is 0 Å². The van der Waals surface area contributed by atoms with Crippen LogP contribution in [0.5, 0.6) is 0 Å². The first-order chi connectivity index (χ1) is 9.08. The lowest BCUT2D eigenvalue weighted by Gasteiger charge is -2.04. The maximum atomic E-state index is 12.3. The molecule has 0 saturated carbocycles. The monoisotopic (exact) mass is 272 g/mol.